The van der Waals surface area contributed by atoms with Crippen LogP contribution in [-0.2, 0) is 14.3 Å². The van der Waals surface area contributed by atoms with E-state index in [1.807, 2.05) is 6.92 Å². The first-order valence-corrected chi connectivity index (χ1v) is 7.28. The van der Waals surface area contributed by atoms with E-state index >= 15 is 0 Å². The molecule has 20 heavy (non-hydrogen) atoms. The average molecular weight is 282 g/mol. The molecule has 0 aromatic carbocycles. The molecule has 1 saturated heterocycles. The maximum Gasteiger partial charge on any atom is 0.325 e. The Morgan fingerprint density at radius 3 is 2.30 bits per heavy atom. The van der Waals surface area contributed by atoms with Crippen molar-refractivity contribution in [2.45, 2.75) is 33.6 Å². The number of nitrogens with one attached hydrogen (secondary N) is 1. The highest BCUT2D eigenvalue weighted by molar-refractivity contribution is 5.95. The van der Waals surface area contributed by atoms with Gasteiger partial charge in [0.2, 0.25) is 5.91 Å². The van der Waals surface area contributed by atoms with Crippen molar-refractivity contribution in [3.05, 3.63) is 11.1 Å². The van der Waals surface area contributed by atoms with Gasteiger partial charge in [0, 0.05) is 25.2 Å². The number of rotatable bonds is 7. The minimum absolute atomic E-state index is 0.0316. The molecule has 0 saturated carbocycles. The van der Waals surface area contributed by atoms with Crippen LogP contribution in [0.5, 0.6) is 0 Å². The average Bonchev–Trinajstić information content (AvgIpc) is 2.40. The lowest BCUT2D eigenvalue weighted by Crippen LogP contribution is -2.42. The highest BCUT2D eigenvalue weighted by Gasteiger charge is 2.24. The molecule has 0 atom stereocenters. The van der Waals surface area contributed by atoms with Crippen LogP contribution in [0.25, 0.3) is 0 Å². The van der Waals surface area contributed by atoms with Gasteiger partial charge in [0.25, 0.3) is 0 Å². The van der Waals surface area contributed by atoms with Gasteiger partial charge < -0.3 is 15.0 Å². The third-order valence-electron chi connectivity index (χ3n) is 4.00. The van der Waals surface area contributed by atoms with Crippen LogP contribution in [-0.4, -0.2) is 50.1 Å². The lowest BCUT2D eigenvalue weighted by Gasteiger charge is -2.28. The van der Waals surface area contributed by atoms with E-state index in [1.165, 1.54) is 7.11 Å². The molecule has 0 unspecified atom stereocenters. The van der Waals surface area contributed by atoms with E-state index in [0.717, 1.165) is 37.1 Å². The molecule has 1 aliphatic heterocycles. The van der Waals surface area contributed by atoms with E-state index in [4.69, 9.17) is 4.74 Å². The molecule has 114 valence electrons. The van der Waals surface area contributed by atoms with Gasteiger partial charge >= 0.3 is 5.97 Å². The normalized spacial score (nSPS) is 13.9. The van der Waals surface area contributed by atoms with Gasteiger partial charge in [-0.3, -0.25) is 9.59 Å². The van der Waals surface area contributed by atoms with Gasteiger partial charge in [0.05, 0.1) is 7.11 Å². The maximum absolute atomic E-state index is 12.5. The van der Waals surface area contributed by atoms with Crippen LogP contribution >= 0.6 is 0 Å². The summed E-state index contributed by atoms with van der Waals surface area (Å²) in [5.41, 5.74) is 1.90. The van der Waals surface area contributed by atoms with Crippen molar-refractivity contribution in [2.75, 3.05) is 33.3 Å². The van der Waals surface area contributed by atoms with E-state index in [2.05, 4.69) is 19.2 Å². The van der Waals surface area contributed by atoms with Crippen molar-refractivity contribution >= 4 is 11.9 Å². The van der Waals surface area contributed by atoms with Gasteiger partial charge in [-0.2, -0.15) is 0 Å². The molecule has 0 aliphatic carbocycles. The van der Waals surface area contributed by atoms with Crippen LogP contribution in [0.1, 0.15) is 33.6 Å². The number of methoxy groups -OCH3 is 1. The Bertz CT molecular complexity index is 381. The summed E-state index contributed by atoms with van der Waals surface area (Å²) in [6.45, 7) is 8.24. The summed E-state index contributed by atoms with van der Waals surface area (Å²) in [4.78, 5) is 25.7. The Labute approximate surface area is 121 Å². The monoisotopic (exact) mass is 282 g/mol. The van der Waals surface area contributed by atoms with Crippen molar-refractivity contribution in [1.29, 1.82) is 0 Å². The summed E-state index contributed by atoms with van der Waals surface area (Å²) < 4.78 is 4.70. The van der Waals surface area contributed by atoms with Crippen LogP contribution in [0, 0.1) is 5.92 Å². The number of hydrogen-bond donors (Lipinski definition) is 1. The van der Waals surface area contributed by atoms with E-state index in [0.29, 0.717) is 12.5 Å². The molecule has 1 rings (SSSR count). The lowest BCUT2D eigenvalue weighted by atomic mass is 10.0. The zero-order valence-electron chi connectivity index (χ0n) is 13.0. The molecule has 1 fully saturated rings. The minimum atomic E-state index is -0.367. The molecule has 0 radical (unpaired) electrons. The molecular formula is C15H26N2O3. The largest absolute Gasteiger partial charge is 0.468 e. The van der Waals surface area contributed by atoms with Crippen LogP contribution in [0.4, 0.5) is 0 Å². The molecule has 0 bridgehead atoms. The Morgan fingerprint density at radius 1 is 1.30 bits per heavy atom. The molecule has 1 heterocycles. The van der Waals surface area contributed by atoms with E-state index in [1.54, 1.807) is 4.90 Å². The van der Waals surface area contributed by atoms with Crippen molar-refractivity contribution < 1.29 is 14.3 Å². The number of ether oxygens (including phenoxy) is 1. The predicted molar refractivity (Wildman–Crippen MR) is 78.2 cm³/mol. The molecule has 0 aromatic rings. The van der Waals surface area contributed by atoms with Crippen molar-refractivity contribution in [2.24, 2.45) is 5.92 Å². The fourth-order valence-corrected chi connectivity index (χ4v) is 2.20. The summed E-state index contributed by atoms with van der Waals surface area (Å²) in [5.74, 6) is 0.00793. The Hall–Kier alpha value is -1.36. The summed E-state index contributed by atoms with van der Waals surface area (Å²) in [7, 11) is 1.35. The number of carbonyl (C=O) groups is 2. The Morgan fingerprint density at radius 2 is 1.90 bits per heavy atom. The minimum Gasteiger partial charge on any atom is -0.468 e. The highest BCUT2D eigenvalue weighted by atomic mass is 16.5. The number of nitrogens with zero attached hydrogens (tertiary/aromatic N) is 1. The molecule has 1 N–H and O–H groups in total. The van der Waals surface area contributed by atoms with Gasteiger partial charge in [-0.05, 0) is 18.4 Å². The Balaban J connectivity index is 2.79. The number of esters is 1. The SMILES string of the molecule is CCC(CC)CN(CC(=O)OC)C(=O)C(C)=C1CNC1. The first-order chi connectivity index (χ1) is 9.53. The second-order valence-electron chi connectivity index (χ2n) is 5.28. The van der Waals surface area contributed by atoms with Crippen LogP contribution in [0.2, 0.25) is 0 Å². The third-order valence-corrected chi connectivity index (χ3v) is 4.00. The van der Waals surface area contributed by atoms with Crippen molar-refractivity contribution in [3.63, 3.8) is 0 Å². The predicted octanol–water partition coefficient (Wildman–Crippen LogP) is 1.34. The van der Waals surface area contributed by atoms with Crippen LogP contribution in [0.15, 0.2) is 11.1 Å². The van der Waals surface area contributed by atoms with Crippen molar-refractivity contribution in [1.82, 2.24) is 10.2 Å². The molecule has 1 aliphatic rings. The standard InChI is InChI=1S/C15H26N2O3/c1-5-12(6-2)9-17(10-14(18)20-4)15(19)11(3)13-7-16-8-13/h12,16H,5-10H2,1-4H3. The smallest absolute Gasteiger partial charge is 0.325 e. The molecule has 0 aromatic heterocycles. The summed E-state index contributed by atoms with van der Waals surface area (Å²) >= 11 is 0. The maximum atomic E-state index is 12.5. The third kappa shape index (κ3) is 4.34. The van der Waals surface area contributed by atoms with E-state index < -0.39 is 0 Å². The topological polar surface area (TPSA) is 58.6 Å². The van der Waals surface area contributed by atoms with Gasteiger partial charge in [-0.25, -0.2) is 0 Å². The van der Waals surface area contributed by atoms with Crippen molar-refractivity contribution in [3.8, 4) is 0 Å². The quantitative estimate of drug-likeness (QED) is 0.565. The van der Waals surface area contributed by atoms with Crippen LogP contribution < -0.4 is 5.32 Å². The zero-order chi connectivity index (χ0) is 15.1. The fraction of sp³-hybridized carbons (Fsp3) is 0.733. The second-order valence-corrected chi connectivity index (χ2v) is 5.28. The number of hydrogen-bond acceptors (Lipinski definition) is 4. The van der Waals surface area contributed by atoms with Gasteiger partial charge in [0.1, 0.15) is 6.54 Å². The Kier molecular flexibility index (Phi) is 6.71. The summed E-state index contributed by atoms with van der Waals surface area (Å²) in [6.07, 6.45) is 2.00. The fourth-order valence-electron chi connectivity index (χ4n) is 2.20. The lowest BCUT2D eigenvalue weighted by molar-refractivity contribution is -0.146. The van der Waals surface area contributed by atoms with Gasteiger partial charge in [-0.15, -0.1) is 0 Å². The molecule has 5 heteroatoms. The number of amides is 1. The van der Waals surface area contributed by atoms with Gasteiger partial charge in [0.15, 0.2) is 0 Å². The molecule has 1 amide bonds. The zero-order valence-corrected chi connectivity index (χ0v) is 13.0. The van der Waals surface area contributed by atoms with E-state index in [-0.39, 0.29) is 18.4 Å². The first kappa shape index (κ1) is 16.7. The van der Waals surface area contributed by atoms with Gasteiger partial charge in [-0.1, -0.05) is 26.7 Å². The molecule has 0 spiro atoms. The first-order valence-electron chi connectivity index (χ1n) is 7.28. The number of carbonyl (C=O) groups excluding carboxylic acids is 2. The van der Waals surface area contributed by atoms with E-state index in [9.17, 15) is 9.59 Å². The molecule has 5 nitrogen and oxygen atoms in total. The van der Waals surface area contributed by atoms with Crippen LogP contribution in [0.3, 0.4) is 0 Å². The summed E-state index contributed by atoms with van der Waals surface area (Å²) in [6, 6.07) is 0. The summed E-state index contributed by atoms with van der Waals surface area (Å²) in [5, 5.41) is 3.13. The second kappa shape index (κ2) is 8.04. The highest BCUT2D eigenvalue weighted by Crippen LogP contribution is 2.16. The molecular weight excluding hydrogens is 256 g/mol.